The van der Waals surface area contributed by atoms with Gasteiger partial charge in [-0.3, -0.25) is 9.59 Å². The summed E-state index contributed by atoms with van der Waals surface area (Å²) in [6, 6.07) is 16.9. The Balaban J connectivity index is 1.58. The first-order valence-corrected chi connectivity index (χ1v) is 9.94. The van der Waals surface area contributed by atoms with Gasteiger partial charge in [0.05, 0.1) is 21.9 Å². The number of hydrogen-bond donors (Lipinski definition) is 0. The van der Waals surface area contributed by atoms with Gasteiger partial charge in [0.15, 0.2) is 0 Å². The Bertz CT molecular complexity index is 1030. The number of amides is 2. The molecule has 1 atom stereocenters. The van der Waals surface area contributed by atoms with Crippen molar-refractivity contribution in [2.75, 3.05) is 12.1 Å². The first kappa shape index (κ1) is 18.3. The number of hydrazone groups is 1. The van der Waals surface area contributed by atoms with Gasteiger partial charge < -0.3 is 4.90 Å². The van der Waals surface area contributed by atoms with E-state index in [-0.39, 0.29) is 24.3 Å². The van der Waals surface area contributed by atoms with Crippen molar-refractivity contribution in [2.24, 2.45) is 5.10 Å². The van der Waals surface area contributed by atoms with Crippen LogP contribution in [0.4, 0.5) is 5.69 Å². The van der Waals surface area contributed by atoms with E-state index in [2.05, 4.69) is 10.1 Å². The lowest BCUT2D eigenvalue weighted by Crippen LogP contribution is -2.40. The number of carbonyl (C=O) groups is 2. The Morgan fingerprint density at radius 3 is 2.57 bits per heavy atom. The summed E-state index contributed by atoms with van der Waals surface area (Å²) in [7, 11) is 1.75. The molecule has 0 radical (unpaired) electrons. The van der Waals surface area contributed by atoms with Crippen molar-refractivity contribution in [1.82, 2.24) is 9.88 Å². The maximum absolute atomic E-state index is 13.0. The summed E-state index contributed by atoms with van der Waals surface area (Å²) in [4.78, 5) is 31.6. The molecular weight excluding hydrogens is 372 g/mol. The molecule has 0 unspecified atom stereocenters. The van der Waals surface area contributed by atoms with Crippen LogP contribution < -0.4 is 5.01 Å². The fraction of sp³-hybridized carbons (Fsp3) is 0.238. The molecule has 1 aliphatic heterocycles. The van der Waals surface area contributed by atoms with E-state index in [0.29, 0.717) is 17.8 Å². The zero-order chi connectivity index (χ0) is 19.7. The van der Waals surface area contributed by atoms with Gasteiger partial charge in [-0.25, -0.2) is 9.99 Å². The van der Waals surface area contributed by atoms with E-state index in [9.17, 15) is 9.59 Å². The van der Waals surface area contributed by atoms with Crippen LogP contribution in [0, 0.1) is 0 Å². The standard InChI is InChI=1S/C21H20N4O2S/c1-14(20-22-16-10-6-7-11-18(16)28-20)24(2)21(27)17-12-13-19(26)25(23-17)15-8-4-3-5-9-15/h3-11,14H,12-13H2,1-2H3/t14-/m1/s1. The minimum Gasteiger partial charge on any atom is -0.331 e. The zero-order valence-corrected chi connectivity index (χ0v) is 16.5. The summed E-state index contributed by atoms with van der Waals surface area (Å²) < 4.78 is 1.10. The van der Waals surface area contributed by atoms with Crippen molar-refractivity contribution in [3.63, 3.8) is 0 Å². The molecular formula is C21H20N4O2S. The first-order valence-electron chi connectivity index (χ1n) is 9.12. The normalized spacial score (nSPS) is 15.4. The smallest absolute Gasteiger partial charge is 0.270 e. The number of aromatic nitrogens is 1. The van der Waals surface area contributed by atoms with E-state index in [0.717, 1.165) is 15.2 Å². The van der Waals surface area contributed by atoms with Crippen molar-refractivity contribution in [3.05, 3.63) is 59.6 Å². The Hall–Kier alpha value is -3.06. The van der Waals surface area contributed by atoms with E-state index in [1.54, 1.807) is 23.3 Å². The lowest BCUT2D eigenvalue weighted by atomic mass is 10.1. The average Bonchev–Trinajstić information content (AvgIpc) is 3.17. The van der Waals surface area contributed by atoms with Gasteiger partial charge in [0, 0.05) is 19.9 Å². The fourth-order valence-electron chi connectivity index (χ4n) is 3.09. The van der Waals surface area contributed by atoms with E-state index < -0.39 is 0 Å². The average molecular weight is 392 g/mol. The van der Waals surface area contributed by atoms with Gasteiger partial charge >= 0.3 is 0 Å². The van der Waals surface area contributed by atoms with Crippen molar-refractivity contribution >= 4 is 44.8 Å². The number of hydrogen-bond acceptors (Lipinski definition) is 5. The SMILES string of the molecule is C[C@H](c1nc2ccccc2s1)N(C)C(=O)C1=NN(c2ccccc2)C(=O)CC1. The first-order chi connectivity index (χ1) is 13.5. The predicted octanol–water partition coefficient (Wildman–Crippen LogP) is 4.00. The Labute approximate surface area is 167 Å². The lowest BCUT2D eigenvalue weighted by Gasteiger charge is -2.27. The monoisotopic (exact) mass is 392 g/mol. The predicted molar refractivity (Wildman–Crippen MR) is 111 cm³/mol. The molecule has 142 valence electrons. The number of rotatable bonds is 4. The van der Waals surface area contributed by atoms with E-state index >= 15 is 0 Å². The highest BCUT2D eigenvalue weighted by Crippen LogP contribution is 2.29. The molecule has 0 bridgehead atoms. The Kier molecular flexibility index (Phi) is 4.92. The fourth-order valence-corrected chi connectivity index (χ4v) is 4.16. The van der Waals surface area contributed by atoms with Gasteiger partial charge in [-0.2, -0.15) is 5.10 Å². The van der Waals surface area contributed by atoms with Crippen LogP contribution in [0.25, 0.3) is 10.2 Å². The quantitative estimate of drug-likeness (QED) is 0.674. The van der Waals surface area contributed by atoms with Gasteiger partial charge in [-0.05, 0) is 31.2 Å². The molecule has 7 heteroatoms. The third-order valence-corrected chi connectivity index (χ3v) is 6.06. The second-order valence-corrected chi connectivity index (χ2v) is 7.76. The molecule has 0 fully saturated rings. The third-order valence-electron chi connectivity index (χ3n) is 4.85. The molecule has 0 saturated heterocycles. The minimum atomic E-state index is -0.185. The number of benzene rings is 2. The van der Waals surface area contributed by atoms with Gasteiger partial charge in [-0.1, -0.05) is 30.3 Å². The van der Waals surface area contributed by atoms with Gasteiger partial charge in [0.2, 0.25) is 5.91 Å². The van der Waals surface area contributed by atoms with Crippen LogP contribution in [0.1, 0.15) is 30.8 Å². The molecule has 1 aliphatic rings. The van der Waals surface area contributed by atoms with Crippen LogP contribution in [0.2, 0.25) is 0 Å². The maximum Gasteiger partial charge on any atom is 0.270 e. The molecule has 6 nitrogen and oxygen atoms in total. The van der Waals surface area contributed by atoms with E-state index in [4.69, 9.17) is 0 Å². The Morgan fingerprint density at radius 2 is 1.82 bits per heavy atom. The second kappa shape index (κ2) is 7.52. The third kappa shape index (κ3) is 3.41. The molecule has 2 heterocycles. The van der Waals surface area contributed by atoms with E-state index in [1.165, 1.54) is 5.01 Å². The summed E-state index contributed by atoms with van der Waals surface area (Å²) in [5.41, 5.74) is 1.99. The van der Waals surface area contributed by atoms with Gasteiger partial charge in [-0.15, -0.1) is 11.3 Å². The second-order valence-electron chi connectivity index (χ2n) is 6.70. The summed E-state index contributed by atoms with van der Waals surface area (Å²) in [5, 5.41) is 6.57. The molecule has 0 aliphatic carbocycles. The highest BCUT2D eigenvalue weighted by atomic mass is 32.1. The largest absolute Gasteiger partial charge is 0.331 e. The van der Waals surface area contributed by atoms with Gasteiger partial charge in [0.1, 0.15) is 10.7 Å². The topological polar surface area (TPSA) is 65.9 Å². The van der Waals surface area contributed by atoms with Crippen LogP contribution in [0.5, 0.6) is 0 Å². The Morgan fingerprint density at radius 1 is 1.11 bits per heavy atom. The van der Waals surface area contributed by atoms with Crippen molar-refractivity contribution in [1.29, 1.82) is 0 Å². The summed E-state index contributed by atoms with van der Waals surface area (Å²) >= 11 is 1.59. The van der Waals surface area contributed by atoms with Crippen molar-refractivity contribution in [3.8, 4) is 0 Å². The van der Waals surface area contributed by atoms with Crippen molar-refractivity contribution in [2.45, 2.75) is 25.8 Å². The zero-order valence-electron chi connectivity index (χ0n) is 15.7. The number of thiazole rings is 1. The number of nitrogens with zero attached hydrogens (tertiary/aromatic N) is 4. The summed E-state index contributed by atoms with van der Waals surface area (Å²) in [6.07, 6.45) is 0.612. The van der Waals surface area contributed by atoms with E-state index in [1.807, 2.05) is 61.5 Å². The molecule has 0 spiro atoms. The molecule has 2 amide bonds. The lowest BCUT2D eigenvalue weighted by molar-refractivity contribution is -0.125. The van der Waals surface area contributed by atoms with Crippen LogP contribution in [0.15, 0.2) is 59.7 Å². The molecule has 3 aromatic rings. The number of anilines is 1. The number of carbonyl (C=O) groups excluding carboxylic acids is 2. The van der Waals surface area contributed by atoms with Crippen molar-refractivity contribution < 1.29 is 9.59 Å². The molecule has 28 heavy (non-hydrogen) atoms. The number of para-hydroxylation sites is 2. The molecule has 0 N–H and O–H groups in total. The van der Waals surface area contributed by atoms with Crippen LogP contribution in [-0.2, 0) is 9.59 Å². The van der Waals surface area contributed by atoms with Crippen LogP contribution in [-0.4, -0.2) is 34.5 Å². The molecule has 1 aromatic heterocycles. The summed E-state index contributed by atoms with van der Waals surface area (Å²) in [6.45, 7) is 1.96. The van der Waals surface area contributed by atoms with Crippen LogP contribution in [0.3, 0.4) is 0 Å². The molecule has 4 rings (SSSR count). The highest BCUT2D eigenvalue weighted by Gasteiger charge is 2.29. The highest BCUT2D eigenvalue weighted by molar-refractivity contribution is 7.18. The maximum atomic E-state index is 13.0. The summed E-state index contributed by atoms with van der Waals surface area (Å²) in [5.74, 6) is -0.287. The van der Waals surface area contributed by atoms with Crippen LogP contribution >= 0.6 is 11.3 Å². The molecule has 2 aromatic carbocycles. The molecule has 0 saturated carbocycles. The van der Waals surface area contributed by atoms with Gasteiger partial charge in [0.25, 0.3) is 5.91 Å². The number of fused-ring (bicyclic) bond motifs is 1. The minimum absolute atomic E-state index is 0.107.